The molecule has 1 N–H and O–H groups in total. The number of hydrogen-bond donors (Lipinski definition) is 1. The lowest BCUT2D eigenvalue weighted by atomic mass is 9.89. The molecule has 3 aromatic carbocycles. The van der Waals surface area contributed by atoms with Crippen molar-refractivity contribution < 1.29 is 9.53 Å². The molecule has 4 heteroatoms. The van der Waals surface area contributed by atoms with E-state index < -0.39 is 0 Å². The highest BCUT2D eigenvalue weighted by Crippen LogP contribution is 2.30. The largest absolute Gasteiger partial charge is 0.488 e. The van der Waals surface area contributed by atoms with Crippen molar-refractivity contribution in [1.29, 1.82) is 0 Å². The molecule has 0 heterocycles. The number of hydrazone groups is 1. The lowest BCUT2D eigenvalue weighted by molar-refractivity contribution is 0.0954. The van der Waals surface area contributed by atoms with Crippen LogP contribution < -0.4 is 10.2 Å². The molecule has 1 amide bonds. The van der Waals surface area contributed by atoms with Gasteiger partial charge in [0, 0.05) is 16.8 Å². The van der Waals surface area contributed by atoms with Crippen LogP contribution in [0.5, 0.6) is 5.75 Å². The van der Waals surface area contributed by atoms with Crippen LogP contribution in [0.1, 0.15) is 48.5 Å². The Bertz CT molecular complexity index is 1040. The maximum Gasteiger partial charge on any atom is 0.271 e. The minimum absolute atomic E-state index is 0.174. The maximum absolute atomic E-state index is 12.4. The number of carbonyl (C=O) groups excluding carboxylic acids is 1. The van der Waals surface area contributed by atoms with E-state index in [9.17, 15) is 4.79 Å². The monoisotopic (exact) mass is 412 g/mol. The zero-order chi connectivity index (χ0) is 21.5. The molecule has 3 aromatic rings. The highest BCUT2D eigenvalue weighted by Gasteiger charge is 2.16. The average Bonchev–Trinajstić information content (AvgIpc) is 2.83. The SMILES string of the molecule is CC1CCCC/C1=N\NC(=O)c1ccc(COc2ccccc2-c2ccccc2)cc1. The van der Waals surface area contributed by atoms with E-state index in [1.165, 1.54) is 6.42 Å². The van der Waals surface area contributed by atoms with Gasteiger partial charge in [0.2, 0.25) is 0 Å². The van der Waals surface area contributed by atoms with Gasteiger partial charge in [0.15, 0.2) is 0 Å². The van der Waals surface area contributed by atoms with Gasteiger partial charge in [0.25, 0.3) is 5.91 Å². The summed E-state index contributed by atoms with van der Waals surface area (Å²) in [4.78, 5) is 12.4. The maximum atomic E-state index is 12.4. The summed E-state index contributed by atoms with van der Waals surface area (Å²) in [5.74, 6) is 1.12. The molecule has 1 saturated carbocycles. The van der Waals surface area contributed by atoms with E-state index in [0.717, 1.165) is 47.4 Å². The number of benzene rings is 3. The summed E-state index contributed by atoms with van der Waals surface area (Å²) in [6.45, 7) is 2.61. The molecule has 0 aliphatic heterocycles. The molecule has 158 valence electrons. The zero-order valence-corrected chi connectivity index (χ0v) is 17.9. The molecular weight excluding hydrogens is 384 g/mol. The minimum Gasteiger partial charge on any atom is -0.488 e. The molecule has 0 bridgehead atoms. The fourth-order valence-corrected chi connectivity index (χ4v) is 3.89. The Kier molecular flexibility index (Phi) is 6.78. The van der Waals surface area contributed by atoms with Crippen LogP contribution in [0, 0.1) is 5.92 Å². The van der Waals surface area contributed by atoms with Gasteiger partial charge in [-0.3, -0.25) is 4.79 Å². The molecule has 0 spiro atoms. The number of rotatable bonds is 6. The smallest absolute Gasteiger partial charge is 0.271 e. The Balaban J connectivity index is 1.37. The predicted molar refractivity (Wildman–Crippen MR) is 125 cm³/mol. The van der Waals surface area contributed by atoms with Crippen molar-refractivity contribution in [3.63, 3.8) is 0 Å². The van der Waals surface area contributed by atoms with E-state index in [4.69, 9.17) is 4.74 Å². The van der Waals surface area contributed by atoms with E-state index >= 15 is 0 Å². The summed E-state index contributed by atoms with van der Waals surface area (Å²) in [6, 6.07) is 25.7. The topological polar surface area (TPSA) is 50.7 Å². The summed E-state index contributed by atoms with van der Waals surface area (Å²) >= 11 is 0. The standard InChI is InChI=1S/C27H28N2O2/c1-20-9-5-7-13-25(20)28-29-27(30)23-17-15-21(16-18-23)19-31-26-14-8-6-12-24(26)22-10-3-2-4-11-22/h2-4,6,8,10-12,14-18,20H,5,7,9,13,19H2,1H3,(H,29,30)/b28-25+. The van der Waals surface area contributed by atoms with Crippen LogP contribution in [0.2, 0.25) is 0 Å². The summed E-state index contributed by atoms with van der Waals surface area (Å²) in [6.07, 6.45) is 4.52. The number of hydrogen-bond acceptors (Lipinski definition) is 3. The molecule has 31 heavy (non-hydrogen) atoms. The van der Waals surface area contributed by atoms with Crippen molar-refractivity contribution in [3.05, 3.63) is 90.0 Å². The van der Waals surface area contributed by atoms with E-state index in [2.05, 4.69) is 35.7 Å². The average molecular weight is 413 g/mol. The van der Waals surface area contributed by atoms with Gasteiger partial charge in [-0.2, -0.15) is 5.10 Å². The third-order valence-electron chi connectivity index (χ3n) is 5.77. The number of ether oxygens (including phenoxy) is 1. The Morgan fingerprint density at radius 3 is 2.48 bits per heavy atom. The van der Waals surface area contributed by atoms with Crippen molar-refractivity contribution in [3.8, 4) is 16.9 Å². The van der Waals surface area contributed by atoms with E-state index in [1.54, 1.807) is 0 Å². The Morgan fingerprint density at radius 1 is 0.968 bits per heavy atom. The van der Waals surface area contributed by atoms with Crippen molar-refractivity contribution in [2.75, 3.05) is 0 Å². The summed E-state index contributed by atoms with van der Waals surface area (Å²) < 4.78 is 6.09. The van der Waals surface area contributed by atoms with Gasteiger partial charge < -0.3 is 4.74 Å². The van der Waals surface area contributed by atoms with Gasteiger partial charge in [0.1, 0.15) is 12.4 Å². The fraction of sp³-hybridized carbons (Fsp3) is 0.259. The molecule has 1 aliphatic rings. The molecule has 1 fully saturated rings. The Labute approximate surface area is 184 Å². The third kappa shape index (κ3) is 5.40. The van der Waals surface area contributed by atoms with Crippen LogP contribution in [0.4, 0.5) is 0 Å². The summed E-state index contributed by atoms with van der Waals surface area (Å²) in [5.41, 5.74) is 7.61. The van der Waals surface area contributed by atoms with Crippen LogP contribution in [0.3, 0.4) is 0 Å². The first kappa shape index (κ1) is 20.9. The quantitative estimate of drug-likeness (QED) is 0.488. The predicted octanol–water partition coefficient (Wildman–Crippen LogP) is 6.23. The molecule has 0 radical (unpaired) electrons. The molecular formula is C27H28N2O2. The third-order valence-corrected chi connectivity index (χ3v) is 5.77. The second-order valence-corrected chi connectivity index (χ2v) is 8.04. The number of nitrogens with zero attached hydrogens (tertiary/aromatic N) is 1. The number of para-hydroxylation sites is 1. The number of nitrogens with one attached hydrogen (secondary N) is 1. The van der Waals surface area contributed by atoms with Crippen molar-refractivity contribution in [2.45, 2.75) is 39.2 Å². The van der Waals surface area contributed by atoms with Crippen molar-refractivity contribution >= 4 is 11.6 Å². The van der Waals surface area contributed by atoms with Crippen LogP contribution >= 0.6 is 0 Å². The molecule has 0 aromatic heterocycles. The first-order chi connectivity index (χ1) is 15.2. The molecule has 0 saturated heterocycles. The van der Waals surface area contributed by atoms with Crippen molar-refractivity contribution in [2.24, 2.45) is 11.0 Å². The second-order valence-electron chi connectivity index (χ2n) is 8.04. The van der Waals surface area contributed by atoms with Gasteiger partial charge in [-0.25, -0.2) is 5.43 Å². The van der Waals surface area contributed by atoms with Gasteiger partial charge in [0.05, 0.1) is 0 Å². The van der Waals surface area contributed by atoms with E-state index in [1.807, 2.05) is 60.7 Å². The zero-order valence-electron chi connectivity index (χ0n) is 17.9. The highest BCUT2D eigenvalue weighted by molar-refractivity contribution is 5.95. The van der Waals surface area contributed by atoms with Crippen LogP contribution in [-0.4, -0.2) is 11.6 Å². The van der Waals surface area contributed by atoms with Crippen LogP contribution in [-0.2, 0) is 6.61 Å². The lowest BCUT2D eigenvalue weighted by Crippen LogP contribution is -2.24. The Hall–Kier alpha value is -3.40. The van der Waals surface area contributed by atoms with Gasteiger partial charge in [-0.15, -0.1) is 0 Å². The van der Waals surface area contributed by atoms with Crippen molar-refractivity contribution in [1.82, 2.24) is 5.43 Å². The molecule has 1 aliphatic carbocycles. The Morgan fingerprint density at radius 2 is 1.71 bits per heavy atom. The molecule has 1 unspecified atom stereocenters. The van der Waals surface area contributed by atoms with Gasteiger partial charge in [-0.05, 0) is 54.5 Å². The molecule has 1 atom stereocenters. The van der Waals surface area contributed by atoms with E-state index in [-0.39, 0.29) is 5.91 Å². The lowest BCUT2D eigenvalue weighted by Gasteiger charge is -2.19. The number of carbonyl (C=O) groups is 1. The van der Waals surface area contributed by atoms with Gasteiger partial charge >= 0.3 is 0 Å². The van der Waals surface area contributed by atoms with Gasteiger partial charge in [-0.1, -0.05) is 74.0 Å². The molecule has 4 nitrogen and oxygen atoms in total. The summed E-state index contributed by atoms with van der Waals surface area (Å²) in [5, 5.41) is 4.37. The summed E-state index contributed by atoms with van der Waals surface area (Å²) in [7, 11) is 0. The number of amides is 1. The fourth-order valence-electron chi connectivity index (χ4n) is 3.89. The van der Waals surface area contributed by atoms with Crippen LogP contribution in [0.15, 0.2) is 84.0 Å². The van der Waals surface area contributed by atoms with E-state index in [0.29, 0.717) is 18.1 Å². The normalized spacial score (nSPS) is 17.3. The second kappa shape index (κ2) is 10.1. The first-order valence-electron chi connectivity index (χ1n) is 10.9. The van der Waals surface area contributed by atoms with Crippen LogP contribution in [0.25, 0.3) is 11.1 Å². The molecule has 4 rings (SSSR count). The minimum atomic E-state index is -0.174. The highest BCUT2D eigenvalue weighted by atomic mass is 16.5. The first-order valence-corrected chi connectivity index (χ1v) is 10.9.